The van der Waals surface area contributed by atoms with Crippen LogP contribution in [0.3, 0.4) is 0 Å². The molecule has 0 atom stereocenters. The summed E-state index contributed by atoms with van der Waals surface area (Å²) >= 11 is 2.14. The number of nitrogens with zero attached hydrogens (tertiary/aromatic N) is 3. The minimum Gasteiger partial charge on any atom is -0.438 e. The molecular weight excluding hydrogens is 595 g/mol. The monoisotopic (exact) mass is 617 g/mol. The molecule has 0 unspecified atom stereocenters. The molecule has 37 heavy (non-hydrogen) atoms. The molecule has 1 aliphatic carbocycles. The number of benzene rings is 1. The number of rotatable bonds is 6. The van der Waals surface area contributed by atoms with Gasteiger partial charge in [0.05, 0.1) is 6.20 Å². The molecule has 190 valence electrons. The van der Waals surface area contributed by atoms with Crippen LogP contribution in [0, 0.1) is 15.2 Å². The van der Waals surface area contributed by atoms with E-state index in [9.17, 15) is 18.4 Å². The van der Waals surface area contributed by atoms with Gasteiger partial charge in [-0.25, -0.2) is 18.7 Å². The average molecular weight is 617 g/mol. The van der Waals surface area contributed by atoms with Crippen LogP contribution >= 0.6 is 22.6 Å². The predicted molar refractivity (Wildman–Crippen MR) is 140 cm³/mol. The highest BCUT2D eigenvalue weighted by Crippen LogP contribution is 2.26. The van der Waals surface area contributed by atoms with Crippen molar-refractivity contribution in [3.05, 3.63) is 87.5 Å². The Morgan fingerprint density at radius 3 is 2.41 bits per heavy atom. The van der Waals surface area contributed by atoms with Crippen molar-refractivity contribution in [2.45, 2.75) is 37.8 Å². The normalized spacial score (nSPS) is 17.4. The van der Waals surface area contributed by atoms with Gasteiger partial charge in [-0.3, -0.25) is 9.59 Å². The number of ether oxygens (including phenoxy) is 1. The van der Waals surface area contributed by atoms with E-state index in [4.69, 9.17) is 4.74 Å². The van der Waals surface area contributed by atoms with Gasteiger partial charge in [0.2, 0.25) is 5.88 Å². The Hall–Kier alpha value is -3.61. The van der Waals surface area contributed by atoms with Gasteiger partial charge in [-0.05, 0) is 84.7 Å². The number of pyridine rings is 2. The molecule has 0 saturated heterocycles. The molecule has 2 N–H and O–H groups in total. The van der Waals surface area contributed by atoms with Crippen LogP contribution in [0.1, 0.15) is 46.5 Å². The Bertz CT molecular complexity index is 1470. The third-order valence-corrected chi connectivity index (χ3v) is 6.79. The number of nitrogens with one attached hydrogen (secondary N) is 2. The van der Waals surface area contributed by atoms with Crippen LogP contribution in [-0.4, -0.2) is 38.3 Å². The second kappa shape index (κ2) is 10.8. The van der Waals surface area contributed by atoms with E-state index in [2.05, 4.69) is 43.2 Å². The Morgan fingerprint density at radius 2 is 1.68 bits per heavy atom. The minimum atomic E-state index is -0.638. The first kappa shape index (κ1) is 25.1. The summed E-state index contributed by atoms with van der Waals surface area (Å²) < 4.78 is 35.5. The lowest BCUT2D eigenvalue weighted by atomic mass is 9.91. The van der Waals surface area contributed by atoms with Gasteiger partial charge in [0.15, 0.2) is 0 Å². The molecule has 8 nitrogen and oxygen atoms in total. The molecule has 0 spiro atoms. The fraction of sp³-hybridized carbons (Fsp3) is 0.231. The van der Waals surface area contributed by atoms with Gasteiger partial charge >= 0.3 is 0 Å². The molecule has 11 heteroatoms. The van der Waals surface area contributed by atoms with Crippen LogP contribution < -0.4 is 15.4 Å². The second-order valence-electron chi connectivity index (χ2n) is 8.80. The lowest BCUT2D eigenvalue weighted by molar-refractivity contribution is 0.0888. The summed E-state index contributed by atoms with van der Waals surface area (Å²) in [6.07, 6.45) is 6.30. The van der Waals surface area contributed by atoms with Crippen LogP contribution in [-0.2, 0) is 0 Å². The SMILES string of the molecule is O=C(N[C@H]1CC[C@H](NC(=O)c2cc(F)cnc2Oc2cccc(I)c2)CC1)c1cn2cc(F)ccc2n1. The van der Waals surface area contributed by atoms with Gasteiger partial charge in [-0.15, -0.1) is 0 Å². The fourth-order valence-electron chi connectivity index (χ4n) is 4.29. The maximum atomic E-state index is 13.9. The van der Waals surface area contributed by atoms with Crippen LogP contribution in [0.2, 0.25) is 0 Å². The summed E-state index contributed by atoms with van der Waals surface area (Å²) in [4.78, 5) is 33.8. The van der Waals surface area contributed by atoms with E-state index in [0.717, 1.165) is 15.8 Å². The van der Waals surface area contributed by atoms with Crippen molar-refractivity contribution >= 4 is 40.1 Å². The molecule has 1 fully saturated rings. The number of hydrogen-bond donors (Lipinski definition) is 2. The topological polar surface area (TPSA) is 97.6 Å². The molecule has 3 heterocycles. The van der Waals surface area contributed by atoms with E-state index in [1.165, 1.54) is 28.9 Å². The average Bonchev–Trinajstić information content (AvgIpc) is 3.30. The van der Waals surface area contributed by atoms with E-state index in [1.54, 1.807) is 12.1 Å². The molecule has 1 saturated carbocycles. The first-order valence-corrected chi connectivity index (χ1v) is 12.8. The highest BCUT2D eigenvalue weighted by molar-refractivity contribution is 14.1. The number of halogens is 3. The lowest BCUT2D eigenvalue weighted by Crippen LogP contribution is -2.44. The molecule has 5 rings (SSSR count). The van der Waals surface area contributed by atoms with Gasteiger partial charge in [0.25, 0.3) is 11.8 Å². The molecule has 3 aromatic heterocycles. The molecule has 0 bridgehead atoms. The predicted octanol–water partition coefficient (Wildman–Crippen LogP) is 4.88. The molecule has 0 aliphatic heterocycles. The molecule has 4 aromatic rings. The van der Waals surface area contributed by atoms with E-state index >= 15 is 0 Å². The maximum Gasteiger partial charge on any atom is 0.271 e. The van der Waals surface area contributed by atoms with Gasteiger partial charge in [-0.2, -0.15) is 0 Å². The first-order valence-electron chi connectivity index (χ1n) is 11.7. The van der Waals surface area contributed by atoms with Gasteiger partial charge < -0.3 is 19.8 Å². The number of imidazole rings is 1. The Morgan fingerprint density at radius 1 is 0.946 bits per heavy atom. The van der Waals surface area contributed by atoms with E-state index in [-0.39, 0.29) is 35.1 Å². The van der Waals surface area contributed by atoms with E-state index in [1.807, 2.05) is 12.1 Å². The Kier molecular flexibility index (Phi) is 7.31. The molecule has 0 radical (unpaired) electrons. The van der Waals surface area contributed by atoms with Gasteiger partial charge in [0, 0.05) is 28.0 Å². The largest absolute Gasteiger partial charge is 0.438 e. The van der Waals surface area contributed by atoms with Crippen molar-refractivity contribution in [3.8, 4) is 11.6 Å². The number of aromatic nitrogens is 3. The van der Waals surface area contributed by atoms with E-state index in [0.29, 0.717) is 37.1 Å². The third kappa shape index (κ3) is 6.04. The van der Waals surface area contributed by atoms with Crippen molar-refractivity contribution in [2.24, 2.45) is 0 Å². The van der Waals surface area contributed by atoms with Crippen LogP contribution in [0.4, 0.5) is 8.78 Å². The number of carbonyl (C=O) groups excluding carboxylic acids is 2. The quantitative estimate of drug-likeness (QED) is 0.301. The smallest absolute Gasteiger partial charge is 0.271 e. The molecule has 2 amide bonds. The highest BCUT2D eigenvalue weighted by Gasteiger charge is 2.26. The summed E-state index contributed by atoms with van der Waals surface area (Å²) in [5, 5.41) is 5.90. The summed E-state index contributed by atoms with van der Waals surface area (Å²) in [7, 11) is 0. The summed E-state index contributed by atoms with van der Waals surface area (Å²) in [6.45, 7) is 0. The summed E-state index contributed by atoms with van der Waals surface area (Å²) in [5.41, 5.74) is 0.702. The van der Waals surface area contributed by atoms with Gasteiger partial charge in [0.1, 0.15) is 34.3 Å². The molecule has 1 aromatic carbocycles. The molecular formula is C26H22F2IN5O3. The van der Waals surface area contributed by atoms with Crippen molar-refractivity contribution < 1.29 is 23.1 Å². The van der Waals surface area contributed by atoms with Crippen LogP contribution in [0.25, 0.3) is 5.65 Å². The first-order chi connectivity index (χ1) is 17.8. The lowest BCUT2D eigenvalue weighted by Gasteiger charge is -2.29. The van der Waals surface area contributed by atoms with Crippen LogP contribution in [0.15, 0.2) is 61.1 Å². The van der Waals surface area contributed by atoms with Crippen LogP contribution in [0.5, 0.6) is 11.6 Å². The zero-order valence-electron chi connectivity index (χ0n) is 19.5. The highest BCUT2D eigenvalue weighted by atomic mass is 127. The van der Waals surface area contributed by atoms with Crippen molar-refractivity contribution in [1.29, 1.82) is 0 Å². The standard InChI is InChI=1S/C26H22F2IN5O3/c27-15-4-9-23-33-22(14-34(23)13-15)25(36)32-19-7-5-18(6-8-19)31-24(35)21-10-16(28)12-30-26(21)37-20-3-1-2-17(29)11-20/h1-4,9-14,18-19H,5-8H2,(H,31,35)(H,32,36)/t18-,19-. The summed E-state index contributed by atoms with van der Waals surface area (Å²) in [5.74, 6) is -1.35. The Balaban J connectivity index is 1.18. The number of hydrogen-bond acceptors (Lipinski definition) is 5. The minimum absolute atomic E-state index is 0.0116. The van der Waals surface area contributed by atoms with Gasteiger partial charge in [-0.1, -0.05) is 6.07 Å². The van der Waals surface area contributed by atoms with E-state index < -0.39 is 17.5 Å². The zero-order valence-corrected chi connectivity index (χ0v) is 21.6. The number of fused-ring (bicyclic) bond motifs is 1. The van der Waals surface area contributed by atoms with Crippen molar-refractivity contribution in [3.63, 3.8) is 0 Å². The number of amides is 2. The summed E-state index contributed by atoms with van der Waals surface area (Å²) in [6, 6.07) is 10.9. The maximum absolute atomic E-state index is 13.9. The van der Waals surface area contributed by atoms with Crippen molar-refractivity contribution in [1.82, 2.24) is 25.0 Å². The zero-order chi connectivity index (χ0) is 25.9. The van der Waals surface area contributed by atoms with Crippen molar-refractivity contribution in [2.75, 3.05) is 0 Å². The fourth-order valence-corrected chi connectivity index (χ4v) is 4.81. The third-order valence-electron chi connectivity index (χ3n) is 6.12. The molecule has 1 aliphatic rings. The Labute approximate surface area is 224 Å². The second-order valence-corrected chi connectivity index (χ2v) is 10.0. The number of carbonyl (C=O) groups is 2.